The average Bonchev–Trinajstić information content (AvgIpc) is 2.71. The number of barbiturate groups is 1. The first-order chi connectivity index (χ1) is 14.8. The summed E-state index contributed by atoms with van der Waals surface area (Å²) in [5, 5.41) is 2.19. The van der Waals surface area contributed by atoms with Gasteiger partial charge in [0.05, 0.1) is 24.6 Å². The summed E-state index contributed by atoms with van der Waals surface area (Å²) in [5.41, 5.74) is 2.67. The minimum atomic E-state index is -0.814. The van der Waals surface area contributed by atoms with Gasteiger partial charge in [-0.2, -0.15) is 0 Å². The number of urea groups is 1. The van der Waals surface area contributed by atoms with Crippen molar-refractivity contribution in [3.8, 4) is 0 Å². The molecule has 2 aliphatic heterocycles. The normalized spacial score (nSPS) is 18.5. The van der Waals surface area contributed by atoms with Crippen LogP contribution in [0.1, 0.15) is 16.7 Å². The van der Waals surface area contributed by atoms with Crippen LogP contribution in [-0.2, 0) is 14.3 Å². The fourth-order valence-electron chi connectivity index (χ4n) is 3.81. The molecule has 0 aromatic heterocycles. The Kier molecular flexibility index (Phi) is 5.56. The number of carbonyl (C=O) groups excluding carboxylic acids is 3. The first-order valence-corrected chi connectivity index (χ1v) is 9.95. The molecule has 31 heavy (non-hydrogen) atoms. The van der Waals surface area contributed by atoms with Crippen molar-refractivity contribution >= 4 is 35.3 Å². The topological polar surface area (TPSA) is 79.0 Å². The average molecular weight is 423 g/mol. The summed E-state index contributed by atoms with van der Waals surface area (Å²) in [6.45, 7) is 5.94. The molecule has 2 aromatic rings. The van der Waals surface area contributed by atoms with E-state index in [2.05, 4.69) is 5.32 Å². The summed E-state index contributed by atoms with van der Waals surface area (Å²) < 4.78 is 20.0. The highest BCUT2D eigenvalue weighted by Crippen LogP contribution is 2.26. The van der Waals surface area contributed by atoms with Crippen molar-refractivity contribution < 1.29 is 23.5 Å². The van der Waals surface area contributed by atoms with Crippen LogP contribution in [0.2, 0.25) is 0 Å². The van der Waals surface area contributed by atoms with Crippen LogP contribution in [0.5, 0.6) is 0 Å². The fraction of sp³-hybridized carbons (Fsp3) is 0.261. The summed E-state index contributed by atoms with van der Waals surface area (Å²) in [4.78, 5) is 40.6. The monoisotopic (exact) mass is 423 g/mol. The summed E-state index contributed by atoms with van der Waals surface area (Å²) in [6.07, 6.45) is 1.30. The SMILES string of the molecule is Cc1cc(C)cc(N2C(=O)NC(=O)/C(=C\c3ccc(N4CCOCC4)c(F)c3)C2=O)c1. The molecule has 4 amide bonds. The first-order valence-electron chi connectivity index (χ1n) is 9.95. The van der Waals surface area contributed by atoms with E-state index in [9.17, 15) is 18.8 Å². The number of rotatable bonds is 3. The van der Waals surface area contributed by atoms with Crippen molar-refractivity contribution in [2.45, 2.75) is 13.8 Å². The van der Waals surface area contributed by atoms with Crippen LogP contribution in [0.3, 0.4) is 0 Å². The van der Waals surface area contributed by atoms with E-state index in [1.54, 1.807) is 24.3 Å². The number of morpholine rings is 1. The smallest absolute Gasteiger partial charge is 0.335 e. The van der Waals surface area contributed by atoms with Gasteiger partial charge in [-0.3, -0.25) is 14.9 Å². The van der Waals surface area contributed by atoms with Crippen molar-refractivity contribution in [2.24, 2.45) is 0 Å². The lowest BCUT2D eigenvalue weighted by atomic mass is 10.0. The number of halogens is 1. The maximum Gasteiger partial charge on any atom is 0.335 e. The molecule has 2 fully saturated rings. The third-order valence-corrected chi connectivity index (χ3v) is 5.20. The largest absolute Gasteiger partial charge is 0.378 e. The molecule has 0 radical (unpaired) electrons. The molecule has 0 atom stereocenters. The van der Waals surface area contributed by atoms with E-state index in [1.165, 1.54) is 12.1 Å². The minimum Gasteiger partial charge on any atom is -0.378 e. The lowest BCUT2D eigenvalue weighted by molar-refractivity contribution is -0.122. The van der Waals surface area contributed by atoms with E-state index in [0.29, 0.717) is 43.2 Å². The number of hydrogen-bond acceptors (Lipinski definition) is 5. The minimum absolute atomic E-state index is 0.239. The molecule has 160 valence electrons. The number of hydrogen-bond donors (Lipinski definition) is 1. The van der Waals surface area contributed by atoms with E-state index in [1.807, 2.05) is 24.8 Å². The van der Waals surface area contributed by atoms with Crippen molar-refractivity contribution in [3.05, 3.63) is 64.5 Å². The Morgan fingerprint density at radius 1 is 1.00 bits per heavy atom. The quantitative estimate of drug-likeness (QED) is 0.607. The van der Waals surface area contributed by atoms with E-state index >= 15 is 0 Å². The number of benzene rings is 2. The van der Waals surface area contributed by atoms with Gasteiger partial charge < -0.3 is 9.64 Å². The molecular weight excluding hydrogens is 401 g/mol. The number of carbonyl (C=O) groups is 3. The summed E-state index contributed by atoms with van der Waals surface area (Å²) >= 11 is 0. The molecule has 0 spiro atoms. The third kappa shape index (κ3) is 4.20. The highest BCUT2D eigenvalue weighted by atomic mass is 19.1. The molecule has 0 unspecified atom stereocenters. The Hall–Kier alpha value is -3.52. The van der Waals surface area contributed by atoms with E-state index in [0.717, 1.165) is 16.0 Å². The zero-order valence-electron chi connectivity index (χ0n) is 17.3. The fourth-order valence-corrected chi connectivity index (χ4v) is 3.81. The summed E-state index contributed by atoms with van der Waals surface area (Å²) in [6, 6.07) is 9.01. The van der Waals surface area contributed by atoms with E-state index < -0.39 is 23.7 Å². The number of amides is 4. The second-order valence-corrected chi connectivity index (χ2v) is 7.61. The molecule has 7 nitrogen and oxygen atoms in total. The number of anilines is 2. The molecule has 0 aliphatic carbocycles. The molecule has 0 saturated carbocycles. The molecule has 8 heteroatoms. The number of aryl methyl sites for hydroxylation is 2. The Labute approximate surface area is 179 Å². The van der Waals surface area contributed by atoms with Gasteiger partial charge in [-0.15, -0.1) is 0 Å². The molecule has 0 bridgehead atoms. The molecule has 2 saturated heterocycles. The lowest BCUT2D eigenvalue weighted by Crippen LogP contribution is -2.54. The second kappa shape index (κ2) is 8.31. The van der Waals surface area contributed by atoms with Crippen molar-refractivity contribution in [3.63, 3.8) is 0 Å². The van der Waals surface area contributed by atoms with Gasteiger partial charge in [-0.1, -0.05) is 12.1 Å². The first kappa shape index (κ1) is 20.7. The highest BCUT2D eigenvalue weighted by Gasteiger charge is 2.37. The maximum absolute atomic E-state index is 14.7. The number of ether oxygens (including phenoxy) is 1. The van der Waals surface area contributed by atoms with Crippen LogP contribution < -0.4 is 15.1 Å². The standard InChI is InChI=1S/C23H22FN3O4/c1-14-9-15(2)11-17(10-14)27-22(29)18(21(28)25-23(27)30)12-16-3-4-20(19(24)13-16)26-5-7-31-8-6-26/h3-4,9-13H,5-8H2,1-2H3,(H,25,28,30)/b18-12+. The van der Waals surface area contributed by atoms with Gasteiger partial charge in [0.2, 0.25) is 0 Å². The van der Waals surface area contributed by atoms with E-state index in [-0.39, 0.29) is 5.57 Å². The predicted molar refractivity (Wildman–Crippen MR) is 114 cm³/mol. The van der Waals surface area contributed by atoms with Crippen molar-refractivity contribution in [2.75, 3.05) is 36.1 Å². The molecule has 2 aliphatic rings. The van der Waals surface area contributed by atoms with Gasteiger partial charge in [0.1, 0.15) is 11.4 Å². The van der Waals surface area contributed by atoms with Gasteiger partial charge in [-0.05, 0) is 60.9 Å². The van der Waals surface area contributed by atoms with Gasteiger partial charge >= 0.3 is 6.03 Å². The molecule has 4 rings (SSSR count). The Bertz CT molecular complexity index is 1090. The van der Waals surface area contributed by atoms with Gasteiger partial charge in [0.15, 0.2) is 0 Å². The summed E-state index contributed by atoms with van der Waals surface area (Å²) in [5.74, 6) is -2.02. The van der Waals surface area contributed by atoms with Crippen LogP contribution >= 0.6 is 0 Å². The number of imide groups is 2. The number of nitrogens with zero attached hydrogens (tertiary/aromatic N) is 2. The van der Waals surface area contributed by atoms with Crippen LogP contribution in [0.15, 0.2) is 42.0 Å². The maximum atomic E-state index is 14.7. The Balaban J connectivity index is 1.66. The van der Waals surface area contributed by atoms with Gasteiger partial charge in [0, 0.05) is 13.1 Å². The van der Waals surface area contributed by atoms with E-state index in [4.69, 9.17) is 4.74 Å². The lowest BCUT2D eigenvalue weighted by Gasteiger charge is -2.29. The van der Waals surface area contributed by atoms with Crippen LogP contribution in [0.4, 0.5) is 20.6 Å². The Morgan fingerprint density at radius 2 is 1.68 bits per heavy atom. The van der Waals surface area contributed by atoms with Crippen LogP contribution in [-0.4, -0.2) is 44.1 Å². The zero-order chi connectivity index (χ0) is 22.1. The molecule has 2 aromatic carbocycles. The van der Waals surface area contributed by atoms with Crippen molar-refractivity contribution in [1.82, 2.24) is 5.32 Å². The zero-order valence-corrected chi connectivity index (χ0v) is 17.3. The van der Waals surface area contributed by atoms with Crippen LogP contribution in [0.25, 0.3) is 6.08 Å². The highest BCUT2D eigenvalue weighted by molar-refractivity contribution is 6.39. The third-order valence-electron chi connectivity index (χ3n) is 5.20. The molecule has 1 N–H and O–H groups in total. The van der Waals surface area contributed by atoms with Gasteiger partial charge in [0.25, 0.3) is 11.8 Å². The molecular formula is C23H22FN3O4. The van der Waals surface area contributed by atoms with Crippen molar-refractivity contribution in [1.29, 1.82) is 0 Å². The second-order valence-electron chi connectivity index (χ2n) is 7.61. The number of nitrogens with one attached hydrogen (secondary N) is 1. The molecule has 2 heterocycles. The predicted octanol–water partition coefficient (Wildman–Crippen LogP) is 2.95. The summed E-state index contributed by atoms with van der Waals surface area (Å²) in [7, 11) is 0. The van der Waals surface area contributed by atoms with Crippen LogP contribution in [0, 0.1) is 19.7 Å². The Morgan fingerprint density at radius 3 is 2.32 bits per heavy atom. The van der Waals surface area contributed by atoms with Gasteiger partial charge in [-0.25, -0.2) is 14.1 Å².